The van der Waals surface area contributed by atoms with Crippen molar-refractivity contribution in [1.82, 2.24) is 0 Å². The maximum atomic E-state index is 13.4. The Kier molecular flexibility index (Phi) is 6.21. The number of rotatable bonds is 5. The van der Waals surface area contributed by atoms with Crippen LogP contribution in [0.15, 0.2) is 26.3 Å². The lowest BCUT2D eigenvalue weighted by Crippen LogP contribution is -2.03. The fraction of sp³-hybridized carbons (Fsp3) is 0.200. The van der Waals surface area contributed by atoms with Gasteiger partial charge in [0.05, 0.1) is 22.8 Å². The second-order valence-corrected chi connectivity index (χ2v) is 5.08. The standard InChI is InChI=1S/C10H7ClFNO3S2/c1-16-10(15)4-17-8-3-9(18-13-5-14)7(12)2-6(8)11/h2-3H,4H2,1H3. The van der Waals surface area contributed by atoms with Crippen molar-refractivity contribution in [3.63, 3.8) is 0 Å². The van der Waals surface area contributed by atoms with Gasteiger partial charge in [0, 0.05) is 16.8 Å². The van der Waals surface area contributed by atoms with Gasteiger partial charge in [0.2, 0.25) is 6.08 Å². The van der Waals surface area contributed by atoms with E-state index in [-0.39, 0.29) is 15.7 Å². The molecule has 0 aromatic heterocycles. The third-order valence-electron chi connectivity index (χ3n) is 1.74. The van der Waals surface area contributed by atoms with Gasteiger partial charge in [-0.3, -0.25) is 4.79 Å². The molecular formula is C10H7ClFNO3S2. The maximum absolute atomic E-state index is 13.4. The molecular weight excluding hydrogens is 301 g/mol. The number of carbonyl (C=O) groups is 1. The molecule has 4 nitrogen and oxygen atoms in total. The largest absolute Gasteiger partial charge is 0.468 e. The summed E-state index contributed by atoms with van der Waals surface area (Å²) < 4.78 is 21.1. The van der Waals surface area contributed by atoms with Crippen molar-refractivity contribution in [2.45, 2.75) is 9.79 Å². The summed E-state index contributed by atoms with van der Waals surface area (Å²) in [6.45, 7) is 0. The van der Waals surface area contributed by atoms with Gasteiger partial charge in [-0.15, -0.1) is 16.2 Å². The van der Waals surface area contributed by atoms with E-state index in [9.17, 15) is 14.0 Å². The van der Waals surface area contributed by atoms with Crippen LogP contribution in [0, 0.1) is 5.82 Å². The van der Waals surface area contributed by atoms with E-state index in [4.69, 9.17) is 11.6 Å². The predicted octanol–water partition coefficient (Wildman–Crippen LogP) is 3.09. The molecule has 0 heterocycles. The van der Waals surface area contributed by atoms with Crippen molar-refractivity contribution in [3.8, 4) is 0 Å². The summed E-state index contributed by atoms with van der Waals surface area (Å²) in [4.78, 5) is 21.6. The summed E-state index contributed by atoms with van der Waals surface area (Å²) in [7, 11) is 1.27. The van der Waals surface area contributed by atoms with Gasteiger partial charge in [-0.25, -0.2) is 9.18 Å². The molecule has 0 aliphatic rings. The number of methoxy groups -OCH3 is 1. The number of halogens is 2. The van der Waals surface area contributed by atoms with Crippen LogP contribution in [-0.4, -0.2) is 24.9 Å². The summed E-state index contributed by atoms with van der Waals surface area (Å²) in [6.07, 6.45) is 1.29. The van der Waals surface area contributed by atoms with Gasteiger partial charge >= 0.3 is 5.97 Å². The van der Waals surface area contributed by atoms with Crippen molar-refractivity contribution in [2.24, 2.45) is 4.40 Å². The molecule has 0 amide bonds. The highest BCUT2D eigenvalue weighted by Gasteiger charge is 2.11. The lowest BCUT2D eigenvalue weighted by Gasteiger charge is -2.06. The van der Waals surface area contributed by atoms with Crippen LogP contribution in [0.5, 0.6) is 0 Å². The summed E-state index contributed by atoms with van der Waals surface area (Å²) in [5.74, 6) is -0.949. The smallest absolute Gasteiger partial charge is 0.315 e. The molecule has 0 aliphatic carbocycles. The number of esters is 1. The molecule has 1 aromatic rings. The molecule has 18 heavy (non-hydrogen) atoms. The SMILES string of the molecule is COC(=O)CSc1cc(SN=C=O)c(F)cc1Cl. The van der Waals surface area contributed by atoms with Crippen LogP contribution in [0.2, 0.25) is 5.02 Å². The minimum atomic E-state index is -0.591. The molecule has 0 saturated heterocycles. The van der Waals surface area contributed by atoms with Crippen LogP contribution in [-0.2, 0) is 14.3 Å². The molecule has 0 unspecified atom stereocenters. The van der Waals surface area contributed by atoms with Crippen LogP contribution in [0.25, 0.3) is 0 Å². The first-order chi connectivity index (χ1) is 8.58. The molecule has 1 aromatic carbocycles. The Bertz CT molecular complexity index is 506. The average molecular weight is 308 g/mol. The first-order valence-electron chi connectivity index (χ1n) is 4.51. The highest BCUT2D eigenvalue weighted by Crippen LogP contribution is 2.34. The van der Waals surface area contributed by atoms with E-state index in [1.165, 1.54) is 19.3 Å². The van der Waals surface area contributed by atoms with E-state index < -0.39 is 11.8 Å². The number of benzene rings is 1. The van der Waals surface area contributed by atoms with Gasteiger partial charge in [0.15, 0.2) is 0 Å². The van der Waals surface area contributed by atoms with E-state index in [0.717, 1.165) is 17.8 Å². The molecule has 0 spiro atoms. The van der Waals surface area contributed by atoms with Gasteiger partial charge in [0.1, 0.15) is 5.82 Å². The lowest BCUT2D eigenvalue weighted by atomic mass is 10.3. The third-order valence-corrected chi connectivity index (χ3v) is 3.87. The Morgan fingerprint density at radius 2 is 2.28 bits per heavy atom. The summed E-state index contributed by atoms with van der Waals surface area (Å²) in [6, 6.07) is 2.51. The molecule has 0 bridgehead atoms. The van der Waals surface area contributed by atoms with E-state index in [2.05, 4.69) is 9.13 Å². The quantitative estimate of drug-likeness (QED) is 0.275. The zero-order valence-electron chi connectivity index (χ0n) is 9.11. The Balaban J connectivity index is 2.90. The molecule has 0 atom stereocenters. The lowest BCUT2D eigenvalue weighted by molar-refractivity contribution is -0.137. The van der Waals surface area contributed by atoms with Gasteiger partial charge < -0.3 is 4.74 Å². The predicted molar refractivity (Wildman–Crippen MR) is 68.1 cm³/mol. The summed E-state index contributed by atoms with van der Waals surface area (Å²) in [5.41, 5.74) is 0. The Morgan fingerprint density at radius 1 is 1.56 bits per heavy atom. The average Bonchev–Trinajstić information content (AvgIpc) is 2.36. The second-order valence-electron chi connectivity index (χ2n) is 2.85. The van der Waals surface area contributed by atoms with Crippen LogP contribution < -0.4 is 0 Å². The molecule has 0 N–H and O–H groups in total. The second kappa shape index (κ2) is 7.43. The van der Waals surface area contributed by atoms with E-state index >= 15 is 0 Å². The molecule has 8 heteroatoms. The highest BCUT2D eigenvalue weighted by molar-refractivity contribution is 8.00. The fourth-order valence-electron chi connectivity index (χ4n) is 0.954. The summed E-state index contributed by atoms with van der Waals surface area (Å²) in [5, 5.41) is 0.181. The normalized spacial score (nSPS) is 9.72. The maximum Gasteiger partial charge on any atom is 0.315 e. The van der Waals surface area contributed by atoms with Crippen LogP contribution in [0.4, 0.5) is 4.39 Å². The Hall–Kier alpha value is -1.01. The highest BCUT2D eigenvalue weighted by atomic mass is 35.5. The number of isocyanates is 1. The molecule has 0 saturated carbocycles. The van der Waals surface area contributed by atoms with Crippen molar-refractivity contribution in [3.05, 3.63) is 23.0 Å². The van der Waals surface area contributed by atoms with Gasteiger partial charge in [-0.1, -0.05) is 11.6 Å². The van der Waals surface area contributed by atoms with Crippen LogP contribution in [0.1, 0.15) is 0 Å². The molecule has 0 aliphatic heterocycles. The minimum Gasteiger partial charge on any atom is -0.468 e. The monoisotopic (exact) mass is 307 g/mol. The Morgan fingerprint density at radius 3 is 2.89 bits per heavy atom. The zero-order valence-corrected chi connectivity index (χ0v) is 11.5. The fourth-order valence-corrected chi connectivity index (χ4v) is 2.58. The topological polar surface area (TPSA) is 55.7 Å². The number of carbonyl (C=O) groups excluding carboxylic acids is 2. The molecule has 0 fully saturated rings. The number of hydrogen-bond acceptors (Lipinski definition) is 6. The van der Waals surface area contributed by atoms with Crippen molar-refractivity contribution in [1.29, 1.82) is 0 Å². The molecule has 96 valence electrons. The molecule has 1 rings (SSSR count). The first-order valence-corrected chi connectivity index (χ1v) is 6.65. The number of ether oxygens (including phenoxy) is 1. The number of nitrogens with zero attached hydrogens (tertiary/aromatic N) is 1. The zero-order chi connectivity index (χ0) is 13.5. The first kappa shape index (κ1) is 15.0. The van der Waals surface area contributed by atoms with Crippen LogP contribution in [0.3, 0.4) is 0 Å². The van der Waals surface area contributed by atoms with Crippen molar-refractivity contribution in [2.75, 3.05) is 12.9 Å². The van der Waals surface area contributed by atoms with Gasteiger partial charge in [0.25, 0.3) is 0 Å². The van der Waals surface area contributed by atoms with Crippen LogP contribution >= 0.6 is 35.3 Å². The van der Waals surface area contributed by atoms with Crippen molar-refractivity contribution >= 4 is 47.4 Å². The number of thioether (sulfide) groups is 1. The van der Waals surface area contributed by atoms with E-state index in [1.807, 2.05) is 0 Å². The van der Waals surface area contributed by atoms with Gasteiger partial charge in [-0.2, -0.15) is 0 Å². The number of hydrogen-bond donors (Lipinski definition) is 0. The molecule has 0 radical (unpaired) electrons. The van der Waals surface area contributed by atoms with Gasteiger partial charge in [-0.05, 0) is 12.1 Å². The van der Waals surface area contributed by atoms with E-state index in [0.29, 0.717) is 16.8 Å². The third kappa shape index (κ3) is 4.34. The Labute approximate surface area is 116 Å². The van der Waals surface area contributed by atoms with Crippen molar-refractivity contribution < 1.29 is 18.7 Å². The minimum absolute atomic E-state index is 0.0584. The summed E-state index contributed by atoms with van der Waals surface area (Å²) >= 11 is 7.59. The van der Waals surface area contributed by atoms with E-state index in [1.54, 1.807) is 0 Å².